The molecule has 0 radical (unpaired) electrons. The van der Waals surface area contributed by atoms with Crippen molar-refractivity contribution in [2.45, 2.75) is 0 Å². The Morgan fingerprint density at radius 1 is 1.21 bits per heavy atom. The van der Waals surface area contributed by atoms with E-state index in [0.717, 1.165) is 0 Å². The second-order valence-corrected chi connectivity index (χ2v) is 3.67. The van der Waals surface area contributed by atoms with E-state index < -0.39 is 0 Å². The van der Waals surface area contributed by atoms with E-state index in [1.54, 1.807) is 32.4 Å². The number of hydrogen-bond acceptors (Lipinski definition) is 7. The first-order valence-electron chi connectivity index (χ1n) is 5.44. The van der Waals surface area contributed by atoms with Gasteiger partial charge in [-0.25, -0.2) is 4.98 Å². The standard InChI is InChI=1S/C12H14N4O3/c1-18-9-4-3-7(5-10(9)19-2)15-12-14-6-8(13)11(17)16-12/h3-6H,13H2,1-2H3,(H2,14,15,16,17). The Hall–Kier alpha value is -2.70. The first kappa shape index (κ1) is 12.7. The van der Waals surface area contributed by atoms with E-state index in [0.29, 0.717) is 17.2 Å². The Morgan fingerprint density at radius 2 is 1.95 bits per heavy atom. The first-order valence-corrected chi connectivity index (χ1v) is 5.44. The molecule has 100 valence electrons. The van der Waals surface area contributed by atoms with Crippen LogP contribution in [0.1, 0.15) is 0 Å². The molecule has 0 aliphatic carbocycles. The Balaban J connectivity index is 2.25. The molecule has 0 aliphatic rings. The molecule has 2 rings (SSSR count). The van der Waals surface area contributed by atoms with Crippen LogP contribution in [0.25, 0.3) is 0 Å². The summed E-state index contributed by atoms with van der Waals surface area (Å²) in [6, 6.07) is 5.26. The van der Waals surface area contributed by atoms with Gasteiger partial charge >= 0.3 is 0 Å². The SMILES string of the molecule is COc1ccc(Nc2ncc(N)c(O)n2)cc1OC. The number of aromatic nitrogens is 2. The van der Waals surface area contributed by atoms with Gasteiger partial charge in [-0.1, -0.05) is 0 Å². The van der Waals surface area contributed by atoms with Crippen LogP contribution in [0, 0.1) is 0 Å². The molecule has 0 atom stereocenters. The van der Waals surface area contributed by atoms with Gasteiger partial charge in [0.25, 0.3) is 0 Å². The summed E-state index contributed by atoms with van der Waals surface area (Å²) < 4.78 is 10.3. The molecule has 7 nitrogen and oxygen atoms in total. The number of nitrogen functional groups attached to an aromatic ring is 1. The average Bonchev–Trinajstić information content (AvgIpc) is 2.43. The molecular weight excluding hydrogens is 248 g/mol. The first-order chi connectivity index (χ1) is 9.13. The van der Waals surface area contributed by atoms with Gasteiger partial charge in [-0.15, -0.1) is 0 Å². The molecule has 0 saturated heterocycles. The van der Waals surface area contributed by atoms with Crippen LogP contribution in [0.4, 0.5) is 17.3 Å². The number of hydrogen-bond donors (Lipinski definition) is 3. The van der Waals surface area contributed by atoms with Gasteiger partial charge in [-0.05, 0) is 12.1 Å². The summed E-state index contributed by atoms with van der Waals surface area (Å²) in [6.07, 6.45) is 1.32. The van der Waals surface area contributed by atoms with Crippen LogP contribution in [0.3, 0.4) is 0 Å². The molecule has 0 amide bonds. The lowest BCUT2D eigenvalue weighted by atomic mass is 10.3. The molecule has 7 heteroatoms. The summed E-state index contributed by atoms with van der Waals surface area (Å²) in [7, 11) is 3.11. The number of ether oxygens (including phenoxy) is 2. The highest BCUT2D eigenvalue weighted by atomic mass is 16.5. The highest BCUT2D eigenvalue weighted by molar-refractivity contribution is 5.61. The number of nitrogens with one attached hydrogen (secondary N) is 1. The van der Waals surface area contributed by atoms with Crippen LogP contribution in [0.5, 0.6) is 17.4 Å². The van der Waals surface area contributed by atoms with Crippen molar-refractivity contribution in [1.82, 2.24) is 9.97 Å². The van der Waals surface area contributed by atoms with Crippen molar-refractivity contribution >= 4 is 17.3 Å². The fraction of sp³-hybridized carbons (Fsp3) is 0.167. The van der Waals surface area contributed by atoms with Gasteiger partial charge in [0.15, 0.2) is 11.5 Å². The van der Waals surface area contributed by atoms with E-state index in [9.17, 15) is 5.11 Å². The Bertz CT molecular complexity index is 589. The summed E-state index contributed by atoms with van der Waals surface area (Å²) in [5.41, 5.74) is 6.25. The molecule has 1 heterocycles. The molecule has 0 aliphatic heterocycles. The summed E-state index contributed by atoms with van der Waals surface area (Å²) >= 11 is 0. The number of nitrogens with zero attached hydrogens (tertiary/aromatic N) is 2. The van der Waals surface area contributed by atoms with Crippen molar-refractivity contribution in [2.75, 3.05) is 25.3 Å². The van der Waals surface area contributed by atoms with E-state index in [4.69, 9.17) is 15.2 Å². The fourth-order valence-corrected chi connectivity index (χ4v) is 1.49. The van der Waals surface area contributed by atoms with Crippen molar-refractivity contribution in [2.24, 2.45) is 0 Å². The van der Waals surface area contributed by atoms with Crippen molar-refractivity contribution in [1.29, 1.82) is 0 Å². The van der Waals surface area contributed by atoms with Gasteiger partial charge in [-0.3, -0.25) is 0 Å². The van der Waals surface area contributed by atoms with E-state index in [-0.39, 0.29) is 17.5 Å². The predicted molar refractivity (Wildman–Crippen MR) is 70.9 cm³/mol. The highest BCUT2D eigenvalue weighted by Crippen LogP contribution is 2.30. The van der Waals surface area contributed by atoms with E-state index in [2.05, 4.69) is 15.3 Å². The molecule has 0 fully saturated rings. The Kier molecular flexibility index (Phi) is 3.56. The molecule has 0 unspecified atom stereocenters. The van der Waals surface area contributed by atoms with Gasteiger partial charge in [0, 0.05) is 11.8 Å². The third-order valence-electron chi connectivity index (χ3n) is 2.44. The van der Waals surface area contributed by atoms with E-state index in [1.807, 2.05) is 0 Å². The normalized spacial score (nSPS) is 10.0. The Morgan fingerprint density at radius 3 is 2.58 bits per heavy atom. The lowest BCUT2D eigenvalue weighted by molar-refractivity contribution is 0.355. The smallest absolute Gasteiger partial charge is 0.239 e. The maximum absolute atomic E-state index is 9.40. The minimum Gasteiger partial charge on any atom is -0.493 e. The van der Waals surface area contributed by atoms with Crippen molar-refractivity contribution in [3.05, 3.63) is 24.4 Å². The molecule has 0 spiro atoms. The molecule has 4 N–H and O–H groups in total. The van der Waals surface area contributed by atoms with Crippen LogP contribution < -0.4 is 20.5 Å². The van der Waals surface area contributed by atoms with Crippen LogP contribution in [-0.2, 0) is 0 Å². The van der Waals surface area contributed by atoms with Crippen molar-refractivity contribution in [3.63, 3.8) is 0 Å². The number of rotatable bonds is 4. The maximum Gasteiger partial charge on any atom is 0.239 e. The number of nitrogens with two attached hydrogens (primary N) is 1. The molecular formula is C12H14N4O3. The van der Waals surface area contributed by atoms with Crippen LogP contribution >= 0.6 is 0 Å². The second kappa shape index (κ2) is 5.30. The van der Waals surface area contributed by atoms with Gasteiger partial charge in [0.05, 0.1) is 20.4 Å². The molecule has 0 bridgehead atoms. The lowest BCUT2D eigenvalue weighted by Gasteiger charge is -2.10. The summed E-state index contributed by atoms with van der Waals surface area (Å²) in [5.74, 6) is 1.16. The zero-order valence-corrected chi connectivity index (χ0v) is 10.5. The minimum absolute atomic E-state index is 0.123. The van der Waals surface area contributed by atoms with E-state index in [1.165, 1.54) is 6.20 Å². The number of benzene rings is 1. The summed E-state index contributed by atoms with van der Waals surface area (Å²) in [4.78, 5) is 7.76. The Labute approximate surface area is 110 Å². The third-order valence-corrected chi connectivity index (χ3v) is 2.44. The fourth-order valence-electron chi connectivity index (χ4n) is 1.49. The van der Waals surface area contributed by atoms with Crippen LogP contribution in [0.15, 0.2) is 24.4 Å². The van der Waals surface area contributed by atoms with Crippen LogP contribution in [0.2, 0.25) is 0 Å². The molecule has 1 aromatic carbocycles. The van der Waals surface area contributed by atoms with E-state index >= 15 is 0 Å². The number of aromatic hydroxyl groups is 1. The third kappa shape index (κ3) is 2.76. The van der Waals surface area contributed by atoms with Gasteiger partial charge in [-0.2, -0.15) is 4.98 Å². The van der Waals surface area contributed by atoms with Gasteiger partial charge in [0.2, 0.25) is 11.8 Å². The van der Waals surface area contributed by atoms with Gasteiger partial charge in [0.1, 0.15) is 5.69 Å². The molecule has 2 aromatic rings. The lowest BCUT2D eigenvalue weighted by Crippen LogP contribution is -1.99. The predicted octanol–water partition coefficient (Wildman–Crippen LogP) is 1.53. The largest absolute Gasteiger partial charge is 0.493 e. The quantitative estimate of drug-likeness (QED) is 0.767. The molecule has 0 saturated carbocycles. The highest BCUT2D eigenvalue weighted by Gasteiger charge is 2.07. The summed E-state index contributed by atoms with van der Waals surface area (Å²) in [5, 5.41) is 12.3. The molecule has 1 aromatic heterocycles. The topological polar surface area (TPSA) is 103 Å². The zero-order chi connectivity index (χ0) is 13.8. The second-order valence-electron chi connectivity index (χ2n) is 3.67. The summed E-state index contributed by atoms with van der Waals surface area (Å²) in [6.45, 7) is 0. The molecule has 19 heavy (non-hydrogen) atoms. The van der Waals surface area contributed by atoms with Crippen molar-refractivity contribution in [3.8, 4) is 17.4 Å². The van der Waals surface area contributed by atoms with Gasteiger partial charge < -0.3 is 25.6 Å². The maximum atomic E-state index is 9.40. The minimum atomic E-state index is -0.266. The number of methoxy groups -OCH3 is 2. The monoisotopic (exact) mass is 262 g/mol. The number of anilines is 3. The van der Waals surface area contributed by atoms with Crippen molar-refractivity contribution < 1.29 is 14.6 Å². The van der Waals surface area contributed by atoms with Crippen LogP contribution in [-0.4, -0.2) is 29.3 Å². The zero-order valence-electron chi connectivity index (χ0n) is 10.5. The average molecular weight is 262 g/mol.